The summed E-state index contributed by atoms with van der Waals surface area (Å²) in [6.45, 7) is 6.81. The highest BCUT2D eigenvalue weighted by Crippen LogP contribution is 2.31. The molecule has 2 aromatic heterocycles. The summed E-state index contributed by atoms with van der Waals surface area (Å²) in [4.78, 5) is 18.8. The van der Waals surface area contributed by atoms with Crippen LogP contribution in [-0.4, -0.2) is 43.2 Å². The van der Waals surface area contributed by atoms with Crippen LogP contribution in [0, 0.1) is 5.92 Å². The van der Waals surface area contributed by atoms with Crippen molar-refractivity contribution >= 4 is 10.9 Å². The lowest BCUT2D eigenvalue weighted by Gasteiger charge is -2.36. The van der Waals surface area contributed by atoms with E-state index < -0.39 is 0 Å². The van der Waals surface area contributed by atoms with E-state index in [2.05, 4.69) is 63.5 Å². The molecule has 0 radical (unpaired) electrons. The van der Waals surface area contributed by atoms with Crippen LogP contribution in [0.1, 0.15) is 55.2 Å². The molecule has 7 nitrogen and oxygen atoms in total. The van der Waals surface area contributed by atoms with E-state index in [0.29, 0.717) is 23.9 Å². The maximum Gasteiger partial charge on any atom is 0.253 e. The number of hydrogen-bond donors (Lipinski definition) is 1. The Balaban J connectivity index is 1.63. The van der Waals surface area contributed by atoms with Crippen molar-refractivity contribution in [2.45, 2.75) is 45.7 Å². The highest BCUT2D eigenvalue weighted by Gasteiger charge is 2.32. The van der Waals surface area contributed by atoms with Crippen molar-refractivity contribution in [3.05, 3.63) is 87.5 Å². The van der Waals surface area contributed by atoms with E-state index in [1.165, 1.54) is 12.0 Å². The number of pyridine rings is 1. The fourth-order valence-corrected chi connectivity index (χ4v) is 4.93. The third kappa shape index (κ3) is 4.46. The molecule has 1 fully saturated rings. The topological polar surface area (TPSA) is 79.7 Å². The Bertz CT molecular complexity index is 1300. The fourth-order valence-electron chi connectivity index (χ4n) is 4.93. The normalized spacial score (nSPS) is 17.9. The van der Waals surface area contributed by atoms with Crippen molar-refractivity contribution in [1.82, 2.24) is 30.1 Å². The smallest absolute Gasteiger partial charge is 0.253 e. The molecule has 0 saturated carbocycles. The Morgan fingerprint density at radius 3 is 2.76 bits per heavy atom. The first-order valence-electron chi connectivity index (χ1n) is 11.8. The van der Waals surface area contributed by atoms with Crippen LogP contribution in [0.4, 0.5) is 0 Å². The van der Waals surface area contributed by atoms with Crippen molar-refractivity contribution < 1.29 is 0 Å². The largest absolute Gasteiger partial charge is 0.322 e. The zero-order valence-corrected chi connectivity index (χ0v) is 19.2. The average Bonchev–Trinajstić information content (AvgIpc) is 3.27. The number of aromatic nitrogens is 5. The standard InChI is InChI=1S/C26H30N6O/c1-3-19-11-12-23-21(14-19)15-22(26(33)27-23)24(31-13-7-8-18(2)16-31)25-28-29-30-32(25)17-20-9-5-4-6-10-20/h4-6,9-12,14-15,18,24H,3,7-8,13,16-17H2,1-2H3,(H,27,33)/t18-,24+/m1/s1. The van der Waals surface area contributed by atoms with Gasteiger partial charge in [-0.15, -0.1) is 5.10 Å². The molecule has 1 saturated heterocycles. The van der Waals surface area contributed by atoms with Gasteiger partial charge in [-0.25, -0.2) is 4.68 Å². The van der Waals surface area contributed by atoms with Gasteiger partial charge in [-0.2, -0.15) is 0 Å². The molecule has 7 heteroatoms. The molecular weight excluding hydrogens is 412 g/mol. The average molecular weight is 443 g/mol. The molecule has 1 aliphatic heterocycles. The van der Waals surface area contributed by atoms with Crippen molar-refractivity contribution in [3.8, 4) is 0 Å². The minimum Gasteiger partial charge on any atom is -0.322 e. The van der Waals surface area contributed by atoms with Crippen molar-refractivity contribution in [2.24, 2.45) is 5.92 Å². The second kappa shape index (κ2) is 9.27. The number of aromatic amines is 1. The van der Waals surface area contributed by atoms with E-state index in [1.54, 1.807) is 0 Å². The third-order valence-corrected chi connectivity index (χ3v) is 6.67. The van der Waals surface area contributed by atoms with Crippen LogP contribution >= 0.6 is 0 Å². The first-order chi connectivity index (χ1) is 16.1. The Labute approximate surface area is 193 Å². The summed E-state index contributed by atoms with van der Waals surface area (Å²) in [6.07, 6.45) is 3.25. The van der Waals surface area contributed by atoms with Crippen LogP contribution in [0.25, 0.3) is 10.9 Å². The van der Waals surface area contributed by atoms with Crippen LogP contribution in [0.15, 0.2) is 59.4 Å². The number of rotatable bonds is 6. The summed E-state index contributed by atoms with van der Waals surface area (Å²) in [7, 11) is 0. The molecule has 33 heavy (non-hydrogen) atoms. The molecular formula is C26H30N6O. The van der Waals surface area contributed by atoms with E-state index >= 15 is 0 Å². The van der Waals surface area contributed by atoms with Crippen LogP contribution < -0.4 is 5.56 Å². The number of hydrogen-bond acceptors (Lipinski definition) is 5. The molecule has 4 aromatic rings. The predicted molar refractivity (Wildman–Crippen MR) is 129 cm³/mol. The van der Waals surface area contributed by atoms with Crippen LogP contribution in [-0.2, 0) is 13.0 Å². The number of likely N-dealkylation sites (tertiary alicyclic amines) is 1. The van der Waals surface area contributed by atoms with Gasteiger partial charge in [0.2, 0.25) is 0 Å². The number of aryl methyl sites for hydroxylation is 1. The Morgan fingerprint density at radius 2 is 1.97 bits per heavy atom. The predicted octanol–water partition coefficient (Wildman–Crippen LogP) is 3.95. The molecule has 0 spiro atoms. The van der Waals surface area contributed by atoms with Crippen molar-refractivity contribution in [3.63, 3.8) is 0 Å². The Hall–Kier alpha value is -3.32. The second-order valence-corrected chi connectivity index (χ2v) is 9.15. The van der Waals surface area contributed by atoms with Crippen LogP contribution in [0.2, 0.25) is 0 Å². The first kappa shape index (κ1) is 21.5. The summed E-state index contributed by atoms with van der Waals surface area (Å²) >= 11 is 0. The highest BCUT2D eigenvalue weighted by molar-refractivity contribution is 5.80. The minimum atomic E-state index is -0.301. The molecule has 170 valence electrons. The molecule has 0 aliphatic carbocycles. The van der Waals surface area contributed by atoms with Gasteiger partial charge >= 0.3 is 0 Å². The molecule has 2 atom stereocenters. The van der Waals surface area contributed by atoms with Gasteiger partial charge in [0, 0.05) is 17.6 Å². The Kier molecular flexibility index (Phi) is 6.05. The van der Waals surface area contributed by atoms with E-state index in [-0.39, 0.29) is 11.6 Å². The lowest BCUT2D eigenvalue weighted by atomic mass is 9.95. The van der Waals surface area contributed by atoms with Gasteiger partial charge in [0.25, 0.3) is 5.56 Å². The zero-order chi connectivity index (χ0) is 22.8. The number of piperidine rings is 1. The molecule has 1 N–H and O–H groups in total. The summed E-state index contributed by atoms with van der Waals surface area (Å²) < 4.78 is 1.84. The fraction of sp³-hybridized carbons (Fsp3) is 0.385. The number of tetrazole rings is 1. The number of nitrogens with one attached hydrogen (secondary N) is 1. The van der Waals surface area contributed by atoms with Crippen LogP contribution in [0.3, 0.4) is 0 Å². The van der Waals surface area contributed by atoms with E-state index in [1.807, 2.05) is 35.0 Å². The quantitative estimate of drug-likeness (QED) is 0.489. The lowest BCUT2D eigenvalue weighted by molar-refractivity contribution is 0.141. The lowest BCUT2D eigenvalue weighted by Crippen LogP contribution is -2.41. The van der Waals surface area contributed by atoms with Gasteiger partial charge in [0.15, 0.2) is 5.82 Å². The van der Waals surface area contributed by atoms with Crippen molar-refractivity contribution in [2.75, 3.05) is 13.1 Å². The molecule has 0 bridgehead atoms. The molecule has 5 rings (SSSR count). The SMILES string of the molecule is CCc1ccc2[nH]c(=O)c([C@@H](c3nnnn3Cc3ccccc3)N3CCC[C@@H](C)C3)cc2c1. The van der Waals surface area contributed by atoms with Gasteiger partial charge in [-0.1, -0.05) is 50.2 Å². The molecule has 3 heterocycles. The van der Waals surface area contributed by atoms with Gasteiger partial charge in [0.05, 0.1) is 6.54 Å². The van der Waals surface area contributed by atoms with E-state index in [0.717, 1.165) is 42.4 Å². The minimum absolute atomic E-state index is 0.0794. The zero-order valence-electron chi connectivity index (χ0n) is 19.2. The van der Waals surface area contributed by atoms with Crippen LogP contribution in [0.5, 0.6) is 0 Å². The number of H-pyrrole nitrogens is 1. The monoisotopic (exact) mass is 442 g/mol. The molecule has 0 unspecified atom stereocenters. The van der Waals surface area contributed by atoms with Gasteiger partial charge < -0.3 is 4.98 Å². The van der Waals surface area contributed by atoms with Gasteiger partial charge in [-0.05, 0) is 76.9 Å². The number of nitrogens with zero attached hydrogens (tertiary/aromatic N) is 5. The summed E-state index contributed by atoms with van der Waals surface area (Å²) in [5.41, 5.74) is 3.85. The van der Waals surface area contributed by atoms with Gasteiger partial charge in [0.1, 0.15) is 6.04 Å². The number of benzene rings is 2. The second-order valence-electron chi connectivity index (χ2n) is 9.15. The van der Waals surface area contributed by atoms with E-state index in [4.69, 9.17) is 0 Å². The summed E-state index contributed by atoms with van der Waals surface area (Å²) in [5, 5.41) is 13.8. The maximum absolute atomic E-state index is 13.4. The Morgan fingerprint density at radius 1 is 1.12 bits per heavy atom. The number of fused-ring (bicyclic) bond motifs is 1. The molecule has 0 amide bonds. The van der Waals surface area contributed by atoms with Crippen molar-refractivity contribution in [1.29, 1.82) is 0 Å². The third-order valence-electron chi connectivity index (χ3n) is 6.67. The summed E-state index contributed by atoms with van der Waals surface area (Å²) in [6, 6.07) is 18.1. The highest BCUT2D eigenvalue weighted by atomic mass is 16.1. The molecule has 1 aliphatic rings. The van der Waals surface area contributed by atoms with E-state index in [9.17, 15) is 4.79 Å². The summed E-state index contributed by atoms with van der Waals surface area (Å²) in [5.74, 6) is 1.27. The van der Waals surface area contributed by atoms with Gasteiger partial charge in [-0.3, -0.25) is 9.69 Å². The maximum atomic E-state index is 13.4. The first-order valence-corrected chi connectivity index (χ1v) is 11.8. The molecule has 2 aromatic carbocycles.